The lowest BCUT2D eigenvalue weighted by Gasteiger charge is -2.33. The van der Waals surface area contributed by atoms with Crippen LogP contribution in [-0.4, -0.2) is 35.8 Å². The van der Waals surface area contributed by atoms with E-state index in [4.69, 9.17) is 11.5 Å². The van der Waals surface area contributed by atoms with Gasteiger partial charge in [0.1, 0.15) is 0 Å². The Morgan fingerprint density at radius 1 is 1.35 bits per heavy atom. The Balaban J connectivity index is 2.35. The molecular formula is C12H23N3O2. The quantitative estimate of drug-likeness (QED) is 0.722. The lowest BCUT2D eigenvalue weighted by atomic mass is 9.93. The van der Waals surface area contributed by atoms with Gasteiger partial charge in [0.15, 0.2) is 0 Å². The number of hydrogen-bond acceptors (Lipinski definition) is 3. The molecule has 0 aliphatic carbocycles. The molecule has 1 heterocycles. The smallest absolute Gasteiger partial charge is 0.239 e. The fraction of sp³-hybridized carbons (Fsp3) is 0.833. The number of carbonyl (C=O) groups is 2. The van der Waals surface area contributed by atoms with Crippen molar-refractivity contribution in [3.05, 3.63) is 0 Å². The van der Waals surface area contributed by atoms with E-state index in [1.54, 1.807) is 0 Å². The zero-order valence-electron chi connectivity index (χ0n) is 10.5. The molecule has 2 amide bonds. The molecule has 0 saturated carbocycles. The molecule has 1 fully saturated rings. The van der Waals surface area contributed by atoms with Gasteiger partial charge >= 0.3 is 0 Å². The van der Waals surface area contributed by atoms with E-state index in [-0.39, 0.29) is 17.9 Å². The van der Waals surface area contributed by atoms with E-state index in [0.717, 1.165) is 25.7 Å². The Bertz CT molecular complexity index is 273. The summed E-state index contributed by atoms with van der Waals surface area (Å²) < 4.78 is 0. The minimum absolute atomic E-state index is 0.0457. The molecule has 1 atom stereocenters. The summed E-state index contributed by atoms with van der Waals surface area (Å²) >= 11 is 0. The largest absolute Gasteiger partial charge is 0.370 e. The van der Waals surface area contributed by atoms with Crippen molar-refractivity contribution < 1.29 is 9.59 Å². The Morgan fingerprint density at radius 2 is 1.94 bits per heavy atom. The normalized spacial score (nSPS) is 19.1. The second kappa shape index (κ2) is 6.59. The third-order valence-electron chi connectivity index (χ3n) is 3.33. The summed E-state index contributed by atoms with van der Waals surface area (Å²) in [4.78, 5) is 24.5. The molecule has 5 nitrogen and oxygen atoms in total. The molecule has 0 aromatic carbocycles. The van der Waals surface area contributed by atoms with E-state index in [1.807, 2.05) is 11.8 Å². The Labute approximate surface area is 103 Å². The fourth-order valence-electron chi connectivity index (χ4n) is 2.31. The Hall–Kier alpha value is -1.10. The van der Waals surface area contributed by atoms with Gasteiger partial charge in [-0.2, -0.15) is 0 Å². The number of nitrogens with two attached hydrogens (primary N) is 2. The van der Waals surface area contributed by atoms with Gasteiger partial charge in [0.2, 0.25) is 11.8 Å². The first-order valence-corrected chi connectivity index (χ1v) is 6.37. The van der Waals surface area contributed by atoms with Crippen LogP contribution in [0.2, 0.25) is 0 Å². The summed E-state index contributed by atoms with van der Waals surface area (Å²) in [5.41, 5.74) is 11.0. The van der Waals surface area contributed by atoms with Crippen molar-refractivity contribution in [3.8, 4) is 0 Å². The van der Waals surface area contributed by atoms with Crippen LogP contribution in [0.15, 0.2) is 0 Å². The van der Waals surface area contributed by atoms with Crippen LogP contribution >= 0.6 is 0 Å². The first kappa shape index (κ1) is 14.0. The maximum Gasteiger partial charge on any atom is 0.239 e. The number of hydrogen-bond donors (Lipinski definition) is 2. The summed E-state index contributed by atoms with van der Waals surface area (Å²) in [5, 5.41) is 0. The zero-order chi connectivity index (χ0) is 12.8. The van der Waals surface area contributed by atoms with Crippen molar-refractivity contribution >= 4 is 11.8 Å². The predicted octanol–water partition coefficient (Wildman–Crippen LogP) is 0.228. The van der Waals surface area contributed by atoms with Gasteiger partial charge < -0.3 is 16.4 Å². The standard InChI is InChI=1S/C12H23N3O2/c1-2-3-10(13)12(17)15-6-4-9(5-7-15)8-11(14)16/h9-10H,2-8,13H2,1H3,(H2,14,16). The van der Waals surface area contributed by atoms with Crippen LogP contribution in [0.4, 0.5) is 0 Å². The average molecular weight is 241 g/mol. The second-order valence-corrected chi connectivity index (χ2v) is 4.83. The first-order valence-electron chi connectivity index (χ1n) is 6.37. The van der Waals surface area contributed by atoms with Gasteiger partial charge in [0.05, 0.1) is 6.04 Å². The number of rotatable bonds is 5. The molecule has 1 unspecified atom stereocenters. The molecule has 98 valence electrons. The summed E-state index contributed by atoms with van der Waals surface area (Å²) in [7, 11) is 0. The number of nitrogens with zero attached hydrogens (tertiary/aromatic N) is 1. The summed E-state index contributed by atoms with van der Waals surface area (Å²) in [6, 6.07) is -0.368. The Morgan fingerprint density at radius 3 is 2.41 bits per heavy atom. The van der Waals surface area contributed by atoms with Gasteiger partial charge in [-0.05, 0) is 25.2 Å². The fourth-order valence-corrected chi connectivity index (χ4v) is 2.31. The van der Waals surface area contributed by atoms with Gasteiger partial charge in [0, 0.05) is 19.5 Å². The summed E-state index contributed by atoms with van der Waals surface area (Å²) in [6.45, 7) is 3.43. The molecule has 0 spiro atoms. The number of piperidine rings is 1. The number of carbonyl (C=O) groups excluding carboxylic acids is 2. The van der Waals surface area contributed by atoms with E-state index in [2.05, 4.69) is 0 Å². The third-order valence-corrected chi connectivity index (χ3v) is 3.33. The minimum atomic E-state index is -0.368. The van der Waals surface area contributed by atoms with Crippen molar-refractivity contribution in [1.29, 1.82) is 0 Å². The molecule has 1 aliphatic rings. The van der Waals surface area contributed by atoms with Gasteiger partial charge in [-0.3, -0.25) is 9.59 Å². The molecule has 0 aromatic heterocycles. The van der Waals surface area contributed by atoms with Crippen LogP contribution in [-0.2, 0) is 9.59 Å². The number of likely N-dealkylation sites (tertiary alicyclic amines) is 1. The Kier molecular flexibility index (Phi) is 5.41. The lowest BCUT2D eigenvalue weighted by Crippen LogP contribution is -2.47. The van der Waals surface area contributed by atoms with Crippen molar-refractivity contribution in [3.63, 3.8) is 0 Å². The summed E-state index contributed by atoms with van der Waals surface area (Å²) in [6.07, 6.45) is 3.80. The lowest BCUT2D eigenvalue weighted by molar-refractivity contribution is -0.134. The zero-order valence-corrected chi connectivity index (χ0v) is 10.5. The average Bonchev–Trinajstić information content (AvgIpc) is 2.28. The third kappa shape index (κ3) is 4.34. The predicted molar refractivity (Wildman–Crippen MR) is 66.0 cm³/mol. The van der Waals surface area contributed by atoms with Crippen LogP contribution in [0.5, 0.6) is 0 Å². The molecule has 5 heteroatoms. The molecular weight excluding hydrogens is 218 g/mol. The van der Waals surface area contributed by atoms with Crippen LogP contribution in [0, 0.1) is 5.92 Å². The summed E-state index contributed by atoms with van der Waals surface area (Å²) in [5.74, 6) is 0.126. The van der Waals surface area contributed by atoms with Crippen molar-refractivity contribution in [2.75, 3.05) is 13.1 Å². The highest BCUT2D eigenvalue weighted by Gasteiger charge is 2.26. The van der Waals surface area contributed by atoms with Crippen molar-refractivity contribution in [2.24, 2.45) is 17.4 Å². The van der Waals surface area contributed by atoms with Crippen LogP contribution in [0.25, 0.3) is 0 Å². The van der Waals surface area contributed by atoms with Gasteiger partial charge in [-0.1, -0.05) is 13.3 Å². The minimum Gasteiger partial charge on any atom is -0.370 e. The van der Waals surface area contributed by atoms with E-state index in [9.17, 15) is 9.59 Å². The van der Waals surface area contributed by atoms with Crippen LogP contribution in [0.1, 0.15) is 39.0 Å². The second-order valence-electron chi connectivity index (χ2n) is 4.83. The molecule has 1 rings (SSSR count). The topological polar surface area (TPSA) is 89.4 Å². The van der Waals surface area contributed by atoms with Gasteiger partial charge in [-0.25, -0.2) is 0 Å². The van der Waals surface area contributed by atoms with Gasteiger partial charge in [0.25, 0.3) is 0 Å². The van der Waals surface area contributed by atoms with E-state index < -0.39 is 0 Å². The molecule has 17 heavy (non-hydrogen) atoms. The molecule has 0 bridgehead atoms. The SMILES string of the molecule is CCCC(N)C(=O)N1CCC(CC(N)=O)CC1. The molecule has 0 aromatic rings. The van der Waals surface area contributed by atoms with E-state index >= 15 is 0 Å². The maximum atomic E-state index is 11.9. The number of primary amides is 1. The van der Waals surface area contributed by atoms with Crippen LogP contribution < -0.4 is 11.5 Å². The van der Waals surface area contributed by atoms with E-state index in [0.29, 0.717) is 25.4 Å². The molecule has 0 radical (unpaired) electrons. The van der Waals surface area contributed by atoms with Crippen molar-refractivity contribution in [2.45, 2.75) is 45.1 Å². The molecule has 4 N–H and O–H groups in total. The highest BCUT2D eigenvalue weighted by Crippen LogP contribution is 2.20. The molecule has 1 aliphatic heterocycles. The monoisotopic (exact) mass is 241 g/mol. The highest BCUT2D eigenvalue weighted by atomic mass is 16.2. The van der Waals surface area contributed by atoms with E-state index in [1.165, 1.54) is 0 Å². The first-order chi connectivity index (χ1) is 8.04. The number of amides is 2. The van der Waals surface area contributed by atoms with Crippen molar-refractivity contribution in [1.82, 2.24) is 4.90 Å². The highest BCUT2D eigenvalue weighted by molar-refractivity contribution is 5.81. The van der Waals surface area contributed by atoms with Crippen LogP contribution in [0.3, 0.4) is 0 Å². The molecule has 1 saturated heterocycles. The van der Waals surface area contributed by atoms with Gasteiger partial charge in [-0.15, -0.1) is 0 Å². The maximum absolute atomic E-state index is 11.9.